The van der Waals surface area contributed by atoms with Gasteiger partial charge in [-0.25, -0.2) is 0 Å². The van der Waals surface area contributed by atoms with Crippen molar-refractivity contribution in [2.75, 3.05) is 14.2 Å². The number of rotatable bonds is 9. The van der Waals surface area contributed by atoms with E-state index in [1.165, 1.54) is 24.0 Å². The molecule has 3 nitrogen and oxygen atoms in total. The minimum atomic E-state index is -0.288. The molecule has 132 valence electrons. The summed E-state index contributed by atoms with van der Waals surface area (Å²) in [5, 5.41) is 0. The second kappa shape index (κ2) is 8.95. The molecule has 0 heterocycles. The first kappa shape index (κ1) is 17.9. The predicted molar refractivity (Wildman–Crippen MR) is 102 cm³/mol. The molecule has 0 saturated heterocycles. The van der Waals surface area contributed by atoms with E-state index < -0.39 is 0 Å². The van der Waals surface area contributed by atoms with Gasteiger partial charge in [0.05, 0.1) is 6.04 Å². The number of benzene rings is 2. The molecule has 0 bridgehead atoms. The topological polar surface area (TPSA) is 21.7 Å². The zero-order valence-corrected chi connectivity index (χ0v) is 15.0. The quantitative estimate of drug-likeness (QED) is 0.635. The third-order valence-corrected chi connectivity index (χ3v) is 4.64. The highest BCUT2D eigenvalue weighted by molar-refractivity contribution is 5.49. The van der Waals surface area contributed by atoms with Gasteiger partial charge in [0.2, 0.25) is 0 Å². The lowest BCUT2D eigenvalue weighted by Crippen LogP contribution is -2.45. The maximum Gasteiger partial charge on any atom is 0.175 e. The summed E-state index contributed by atoms with van der Waals surface area (Å²) in [5.74, 6) is 0. The van der Waals surface area contributed by atoms with Crippen LogP contribution in [-0.2, 0) is 16.0 Å². The van der Waals surface area contributed by atoms with E-state index in [2.05, 4.69) is 71.6 Å². The van der Waals surface area contributed by atoms with Crippen molar-refractivity contribution < 1.29 is 9.47 Å². The first-order valence-corrected chi connectivity index (χ1v) is 8.90. The van der Waals surface area contributed by atoms with E-state index in [0.717, 1.165) is 6.54 Å². The van der Waals surface area contributed by atoms with Crippen molar-refractivity contribution in [3.8, 4) is 0 Å². The standard InChI is InChI=1S/C22H27NO2/c1-24-22(25-2)21(16-13-18-9-5-3-6-10-18)23(20-14-15-20)17-19-11-7-4-8-12-19/h3-13,16,20-22H,14-15,17H2,1-2H3/b16-13+. The van der Waals surface area contributed by atoms with Gasteiger partial charge in [-0.05, 0) is 24.0 Å². The van der Waals surface area contributed by atoms with Gasteiger partial charge in [0, 0.05) is 26.8 Å². The molecule has 2 aromatic carbocycles. The summed E-state index contributed by atoms with van der Waals surface area (Å²) < 4.78 is 11.3. The van der Waals surface area contributed by atoms with Gasteiger partial charge in [-0.3, -0.25) is 4.90 Å². The third kappa shape index (κ3) is 5.02. The molecule has 0 aromatic heterocycles. The van der Waals surface area contributed by atoms with Crippen LogP contribution in [0.2, 0.25) is 0 Å². The van der Waals surface area contributed by atoms with Crippen LogP contribution in [0.1, 0.15) is 24.0 Å². The second-order valence-corrected chi connectivity index (χ2v) is 6.49. The van der Waals surface area contributed by atoms with Gasteiger partial charge in [0.1, 0.15) is 0 Å². The summed E-state index contributed by atoms with van der Waals surface area (Å²) in [7, 11) is 3.43. The summed E-state index contributed by atoms with van der Waals surface area (Å²) >= 11 is 0. The number of nitrogens with zero attached hydrogens (tertiary/aromatic N) is 1. The first-order valence-electron chi connectivity index (χ1n) is 8.90. The molecule has 1 atom stereocenters. The van der Waals surface area contributed by atoms with E-state index in [-0.39, 0.29) is 12.3 Å². The second-order valence-electron chi connectivity index (χ2n) is 6.49. The molecule has 0 N–H and O–H groups in total. The highest BCUT2D eigenvalue weighted by Gasteiger charge is 2.36. The van der Waals surface area contributed by atoms with E-state index in [4.69, 9.17) is 9.47 Å². The summed E-state index contributed by atoms with van der Waals surface area (Å²) in [6.45, 7) is 0.901. The summed E-state index contributed by atoms with van der Waals surface area (Å²) in [4.78, 5) is 2.51. The van der Waals surface area contributed by atoms with Gasteiger partial charge in [-0.2, -0.15) is 0 Å². The minimum Gasteiger partial charge on any atom is -0.354 e. The zero-order chi connectivity index (χ0) is 17.5. The first-order chi connectivity index (χ1) is 12.3. The van der Waals surface area contributed by atoms with Gasteiger partial charge in [-0.1, -0.05) is 72.8 Å². The SMILES string of the molecule is COC(OC)C(/C=C/c1ccccc1)N(Cc1ccccc1)C1CC1. The minimum absolute atomic E-state index is 0.0721. The van der Waals surface area contributed by atoms with E-state index in [0.29, 0.717) is 6.04 Å². The number of ether oxygens (including phenoxy) is 2. The molecule has 0 radical (unpaired) electrons. The van der Waals surface area contributed by atoms with E-state index in [1.807, 2.05) is 6.07 Å². The van der Waals surface area contributed by atoms with Crippen molar-refractivity contribution in [1.29, 1.82) is 0 Å². The van der Waals surface area contributed by atoms with Crippen LogP contribution in [0.3, 0.4) is 0 Å². The summed E-state index contributed by atoms with van der Waals surface area (Å²) in [5.41, 5.74) is 2.51. The molecular weight excluding hydrogens is 310 g/mol. The molecule has 3 rings (SSSR count). The fourth-order valence-corrected chi connectivity index (χ4v) is 3.18. The molecule has 3 heteroatoms. The summed E-state index contributed by atoms with van der Waals surface area (Å²) in [6, 6.07) is 21.7. The Morgan fingerprint density at radius 3 is 2.12 bits per heavy atom. The van der Waals surface area contributed by atoms with E-state index >= 15 is 0 Å². The molecule has 1 fully saturated rings. The lowest BCUT2D eigenvalue weighted by molar-refractivity contribution is -0.138. The van der Waals surface area contributed by atoms with Gasteiger partial charge in [-0.15, -0.1) is 0 Å². The molecule has 0 aliphatic heterocycles. The van der Waals surface area contributed by atoms with Crippen LogP contribution in [0.4, 0.5) is 0 Å². The van der Waals surface area contributed by atoms with Crippen LogP contribution in [0, 0.1) is 0 Å². The Bertz CT molecular complexity index is 648. The Morgan fingerprint density at radius 1 is 0.960 bits per heavy atom. The molecule has 1 aliphatic rings. The van der Waals surface area contributed by atoms with E-state index in [9.17, 15) is 0 Å². The number of methoxy groups -OCH3 is 2. The van der Waals surface area contributed by atoms with Crippen molar-refractivity contribution in [2.45, 2.75) is 37.8 Å². The largest absolute Gasteiger partial charge is 0.354 e. The molecule has 1 aliphatic carbocycles. The van der Waals surface area contributed by atoms with Crippen LogP contribution in [0.15, 0.2) is 66.7 Å². The average molecular weight is 337 g/mol. The van der Waals surface area contributed by atoms with Gasteiger partial charge in [0.15, 0.2) is 6.29 Å². The highest BCUT2D eigenvalue weighted by atomic mass is 16.7. The van der Waals surface area contributed by atoms with Crippen molar-refractivity contribution >= 4 is 6.08 Å². The zero-order valence-electron chi connectivity index (χ0n) is 15.0. The molecule has 0 spiro atoms. The van der Waals surface area contributed by atoms with Crippen LogP contribution in [-0.4, -0.2) is 37.5 Å². The van der Waals surface area contributed by atoms with Crippen molar-refractivity contribution in [1.82, 2.24) is 4.90 Å². The fourth-order valence-electron chi connectivity index (χ4n) is 3.18. The maximum atomic E-state index is 5.63. The lowest BCUT2D eigenvalue weighted by Gasteiger charge is -2.34. The Morgan fingerprint density at radius 2 is 1.56 bits per heavy atom. The van der Waals surface area contributed by atoms with Crippen LogP contribution < -0.4 is 0 Å². The molecule has 1 unspecified atom stereocenters. The average Bonchev–Trinajstić information content (AvgIpc) is 3.50. The Hall–Kier alpha value is -1.94. The van der Waals surface area contributed by atoms with Crippen LogP contribution >= 0.6 is 0 Å². The van der Waals surface area contributed by atoms with Gasteiger partial charge in [0.25, 0.3) is 0 Å². The Balaban J connectivity index is 1.83. The molecule has 25 heavy (non-hydrogen) atoms. The number of hydrogen-bond acceptors (Lipinski definition) is 3. The van der Waals surface area contributed by atoms with Gasteiger partial charge >= 0.3 is 0 Å². The third-order valence-electron chi connectivity index (χ3n) is 4.64. The fraction of sp³-hybridized carbons (Fsp3) is 0.364. The molecule has 1 saturated carbocycles. The molecule has 0 amide bonds. The normalized spacial score (nSPS) is 16.0. The van der Waals surface area contributed by atoms with Crippen molar-refractivity contribution in [3.05, 3.63) is 77.9 Å². The monoisotopic (exact) mass is 337 g/mol. The Kier molecular flexibility index (Phi) is 6.40. The Labute approximate surface area is 150 Å². The van der Waals surface area contributed by atoms with Crippen molar-refractivity contribution in [2.24, 2.45) is 0 Å². The maximum absolute atomic E-state index is 5.63. The van der Waals surface area contributed by atoms with Crippen molar-refractivity contribution in [3.63, 3.8) is 0 Å². The van der Waals surface area contributed by atoms with Crippen LogP contribution in [0.25, 0.3) is 6.08 Å². The highest BCUT2D eigenvalue weighted by Crippen LogP contribution is 2.32. The van der Waals surface area contributed by atoms with E-state index in [1.54, 1.807) is 14.2 Å². The molecular formula is C22H27NO2. The van der Waals surface area contributed by atoms with Gasteiger partial charge < -0.3 is 9.47 Å². The summed E-state index contributed by atoms with van der Waals surface area (Å²) in [6.07, 6.45) is 6.57. The smallest absolute Gasteiger partial charge is 0.175 e. The lowest BCUT2D eigenvalue weighted by atomic mass is 10.1. The molecule has 2 aromatic rings. The predicted octanol–water partition coefficient (Wildman–Crippen LogP) is 4.35. The number of hydrogen-bond donors (Lipinski definition) is 0. The van der Waals surface area contributed by atoms with Crippen LogP contribution in [0.5, 0.6) is 0 Å².